The Balaban J connectivity index is 1.69. The van der Waals surface area contributed by atoms with Crippen LogP contribution in [-0.2, 0) is 11.2 Å². The van der Waals surface area contributed by atoms with Crippen molar-refractivity contribution in [1.82, 2.24) is 9.55 Å². The number of fused-ring (bicyclic) bond motifs is 1. The van der Waals surface area contributed by atoms with Gasteiger partial charge in [-0.25, -0.2) is 4.98 Å². The van der Waals surface area contributed by atoms with Crippen molar-refractivity contribution >= 4 is 38.9 Å². The van der Waals surface area contributed by atoms with Gasteiger partial charge in [0.15, 0.2) is 5.78 Å². The molecule has 0 saturated carbocycles. The van der Waals surface area contributed by atoms with Crippen LogP contribution >= 0.6 is 11.3 Å². The molecule has 2 aromatic carbocycles. The Morgan fingerprint density at radius 3 is 2.41 bits per heavy atom. The summed E-state index contributed by atoms with van der Waals surface area (Å²) >= 11 is 1.42. The average molecular weight is 446 g/mol. The number of hydrogen-bond donors (Lipinski definition) is 1. The van der Waals surface area contributed by atoms with Gasteiger partial charge in [0.2, 0.25) is 5.91 Å². The molecule has 0 saturated heterocycles. The number of nitrogens with one attached hydrogen (secondary N) is 1. The lowest BCUT2D eigenvalue weighted by molar-refractivity contribution is -0.114. The summed E-state index contributed by atoms with van der Waals surface area (Å²) in [6, 6.07) is 14.1. The molecule has 4 rings (SSSR count). The molecule has 0 aliphatic heterocycles. The summed E-state index contributed by atoms with van der Waals surface area (Å²) in [5.74, 6) is -0.383. The number of aromatic nitrogens is 2. The minimum atomic E-state index is -0.721. The number of aryl methyl sites for hydroxylation is 1. The van der Waals surface area contributed by atoms with Gasteiger partial charge in [0.1, 0.15) is 4.83 Å². The molecule has 1 N–H and O–H groups in total. The van der Waals surface area contributed by atoms with Gasteiger partial charge in [-0.2, -0.15) is 0 Å². The first-order valence-corrected chi connectivity index (χ1v) is 11.3. The lowest BCUT2D eigenvalue weighted by atomic mass is 10.0. The quantitative estimate of drug-likeness (QED) is 0.419. The molecule has 7 heteroatoms. The SMILES string of the molecule is CCc1ccc(-c2csc3ncn(C(C)C(=O)c4ccc(NC(C)=O)cc4)c(=O)c23)cc1. The minimum absolute atomic E-state index is 0.181. The highest BCUT2D eigenvalue weighted by atomic mass is 32.1. The summed E-state index contributed by atoms with van der Waals surface area (Å²) in [4.78, 5) is 42.7. The smallest absolute Gasteiger partial charge is 0.263 e. The highest BCUT2D eigenvalue weighted by Crippen LogP contribution is 2.31. The Hall–Kier alpha value is -3.58. The molecule has 0 bridgehead atoms. The summed E-state index contributed by atoms with van der Waals surface area (Å²) < 4.78 is 1.39. The van der Waals surface area contributed by atoms with Crippen LogP contribution in [0.5, 0.6) is 0 Å². The van der Waals surface area contributed by atoms with Gasteiger partial charge in [-0.15, -0.1) is 11.3 Å². The summed E-state index contributed by atoms with van der Waals surface area (Å²) in [7, 11) is 0. The van der Waals surface area contributed by atoms with E-state index in [9.17, 15) is 14.4 Å². The van der Waals surface area contributed by atoms with E-state index in [2.05, 4.69) is 29.4 Å². The summed E-state index contributed by atoms with van der Waals surface area (Å²) in [6.07, 6.45) is 2.39. The molecule has 0 radical (unpaired) electrons. The molecule has 0 aliphatic rings. The van der Waals surface area contributed by atoms with Crippen LogP contribution in [0.2, 0.25) is 0 Å². The van der Waals surface area contributed by atoms with E-state index in [-0.39, 0.29) is 17.2 Å². The zero-order valence-electron chi connectivity index (χ0n) is 18.1. The molecule has 1 unspecified atom stereocenters. The van der Waals surface area contributed by atoms with E-state index in [0.29, 0.717) is 21.5 Å². The lowest BCUT2D eigenvalue weighted by Gasteiger charge is -2.14. The van der Waals surface area contributed by atoms with E-state index < -0.39 is 6.04 Å². The van der Waals surface area contributed by atoms with Gasteiger partial charge >= 0.3 is 0 Å². The van der Waals surface area contributed by atoms with Gasteiger partial charge in [-0.05, 0) is 48.7 Å². The topological polar surface area (TPSA) is 81.1 Å². The zero-order valence-corrected chi connectivity index (χ0v) is 18.9. The Bertz CT molecular complexity index is 1350. The van der Waals surface area contributed by atoms with Crippen LogP contribution in [0.15, 0.2) is 65.0 Å². The molecule has 0 aliphatic carbocycles. The van der Waals surface area contributed by atoms with Crippen molar-refractivity contribution in [2.75, 3.05) is 5.32 Å². The maximum Gasteiger partial charge on any atom is 0.263 e. The molecule has 1 amide bonds. The second-order valence-electron chi connectivity index (χ2n) is 7.64. The molecule has 2 aromatic heterocycles. The average Bonchev–Trinajstić information content (AvgIpc) is 3.24. The monoisotopic (exact) mass is 445 g/mol. The number of hydrogen-bond acceptors (Lipinski definition) is 5. The molecular weight excluding hydrogens is 422 g/mol. The van der Waals surface area contributed by atoms with E-state index in [0.717, 1.165) is 17.5 Å². The summed E-state index contributed by atoms with van der Waals surface area (Å²) in [5.41, 5.74) is 3.85. The van der Waals surface area contributed by atoms with Crippen molar-refractivity contribution in [3.05, 3.63) is 81.7 Å². The van der Waals surface area contributed by atoms with E-state index in [1.54, 1.807) is 31.2 Å². The Kier molecular flexibility index (Phi) is 6.01. The van der Waals surface area contributed by atoms with Crippen molar-refractivity contribution < 1.29 is 9.59 Å². The van der Waals surface area contributed by atoms with Crippen LogP contribution < -0.4 is 10.9 Å². The highest BCUT2D eigenvalue weighted by molar-refractivity contribution is 7.17. The van der Waals surface area contributed by atoms with Crippen LogP contribution in [0.25, 0.3) is 21.3 Å². The number of carbonyl (C=O) groups excluding carboxylic acids is 2. The fourth-order valence-corrected chi connectivity index (χ4v) is 4.55. The first-order valence-electron chi connectivity index (χ1n) is 10.4. The van der Waals surface area contributed by atoms with E-state index in [1.807, 2.05) is 17.5 Å². The molecule has 0 fully saturated rings. The van der Waals surface area contributed by atoms with Gasteiger partial charge in [0.05, 0.1) is 17.8 Å². The first kappa shape index (κ1) is 21.6. The number of amides is 1. The van der Waals surface area contributed by atoms with Crippen LogP contribution in [0.4, 0.5) is 5.69 Å². The van der Waals surface area contributed by atoms with Crippen molar-refractivity contribution in [3.63, 3.8) is 0 Å². The van der Waals surface area contributed by atoms with Gasteiger partial charge in [-0.1, -0.05) is 31.2 Å². The van der Waals surface area contributed by atoms with E-state index >= 15 is 0 Å². The van der Waals surface area contributed by atoms with Crippen molar-refractivity contribution in [2.45, 2.75) is 33.2 Å². The van der Waals surface area contributed by atoms with Gasteiger partial charge in [-0.3, -0.25) is 19.0 Å². The number of Topliss-reactive ketones (excluding diaryl/α,β-unsaturated/α-hetero) is 1. The van der Waals surface area contributed by atoms with Crippen molar-refractivity contribution in [1.29, 1.82) is 0 Å². The van der Waals surface area contributed by atoms with Gasteiger partial charge < -0.3 is 5.32 Å². The van der Waals surface area contributed by atoms with Crippen molar-refractivity contribution in [3.8, 4) is 11.1 Å². The van der Waals surface area contributed by atoms with E-state index in [4.69, 9.17) is 0 Å². The standard InChI is InChI=1S/C25H23N3O3S/c1-4-17-5-7-18(8-6-17)21-13-32-24-22(21)25(31)28(14-26-24)15(2)23(30)19-9-11-20(12-10-19)27-16(3)29/h5-15H,4H2,1-3H3,(H,27,29). The number of carbonyl (C=O) groups is 2. The number of thiophene rings is 1. The molecular formula is C25H23N3O3S. The maximum atomic E-state index is 13.4. The normalized spacial score (nSPS) is 12.0. The predicted molar refractivity (Wildman–Crippen MR) is 128 cm³/mol. The molecule has 32 heavy (non-hydrogen) atoms. The second-order valence-corrected chi connectivity index (χ2v) is 8.49. The molecule has 6 nitrogen and oxygen atoms in total. The molecule has 1 atom stereocenters. The second kappa shape index (κ2) is 8.88. The molecule has 2 heterocycles. The first-order chi connectivity index (χ1) is 15.4. The van der Waals surface area contributed by atoms with Crippen LogP contribution in [0.3, 0.4) is 0 Å². The maximum absolute atomic E-state index is 13.4. The summed E-state index contributed by atoms with van der Waals surface area (Å²) in [6.45, 7) is 5.22. The third kappa shape index (κ3) is 4.11. The van der Waals surface area contributed by atoms with Gasteiger partial charge in [0.25, 0.3) is 5.56 Å². The Morgan fingerprint density at radius 2 is 1.78 bits per heavy atom. The Labute approximate surface area is 189 Å². The number of ketones is 1. The number of anilines is 1. The predicted octanol–water partition coefficient (Wildman–Crippen LogP) is 5.09. The third-order valence-electron chi connectivity index (χ3n) is 5.48. The number of nitrogens with zero attached hydrogens (tertiary/aromatic N) is 2. The van der Waals surface area contributed by atoms with Crippen molar-refractivity contribution in [2.24, 2.45) is 0 Å². The molecule has 0 spiro atoms. The third-order valence-corrected chi connectivity index (χ3v) is 6.37. The van der Waals surface area contributed by atoms with Crippen LogP contribution in [0, 0.1) is 0 Å². The largest absolute Gasteiger partial charge is 0.326 e. The molecule has 4 aromatic rings. The fourth-order valence-electron chi connectivity index (χ4n) is 3.64. The van der Waals surface area contributed by atoms with E-state index in [1.165, 1.54) is 34.7 Å². The highest BCUT2D eigenvalue weighted by Gasteiger charge is 2.21. The van der Waals surface area contributed by atoms with Gasteiger partial charge in [0, 0.05) is 29.1 Å². The minimum Gasteiger partial charge on any atom is -0.326 e. The number of rotatable bonds is 6. The lowest BCUT2D eigenvalue weighted by Crippen LogP contribution is -2.28. The molecule has 162 valence electrons. The Morgan fingerprint density at radius 1 is 1.09 bits per heavy atom. The number of benzene rings is 2. The fraction of sp³-hybridized carbons (Fsp3) is 0.200. The van der Waals surface area contributed by atoms with Crippen LogP contribution in [-0.4, -0.2) is 21.2 Å². The van der Waals surface area contributed by atoms with Crippen LogP contribution in [0.1, 0.15) is 42.7 Å². The zero-order chi connectivity index (χ0) is 22.8. The summed E-state index contributed by atoms with van der Waals surface area (Å²) in [5, 5.41) is 5.14.